The van der Waals surface area contributed by atoms with Crippen molar-refractivity contribution in [2.24, 2.45) is 5.92 Å². The number of nitrogens with zero attached hydrogens (tertiary/aromatic N) is 2. The maximum Gasteiger partial charge on any atom is 0.123 e. The molecular formula is C23H19FN2. The van der Waals surface area contributed by atoms with Crippen LogP contribution in [0.3, 0.4) is 0 Å². The Hall–Kier alpha value is -2.94. The van der Waals surface area contributed by atoms with E-state index >= 15 is 0 Å². The molecule has 2 heterocycles. The first-order valence-electron chi connectivity index (χ1n) is 8.99. The van der Waals surface area contributed by atoms with Gasteiger partial charge in [-0.25, -0.2) is 9.37 Å². The molecule has 0 spiro atoms. The molecule has 2 aromatic carbocycles. The number of benzene rings is 2. The van der Waals surface area contributed by atoms with Crippen molar-refractivity contribution in [3.8, 4) is 11.3 Å². The summed E-state index contributed by atoms with van der Waals surface area (Å²) in [7, 11) is 0. The molecule has 26 heavy (non-hydrogen) atoms. The van der Waals surface area contributed by atoms with Crippen LogP contribution in [0.25, 0.3) is 17.0 Å². The number of hydrogen-bond acceptors (Lipinski definition) is 1. The molecule has 1 fully saturated rings. The molecule has 128 valence electrons. The lowest BCUT2D eigenvalue weighted by atomic mass is 9.90. The Morgan fingerprint density at radius 2 is 1.81 bits per heavy atom. The minimum atomic E-state index is -0.227. The third kappa shape index (κ3) is 2.35. The lowest BCUT2D eigenvalue weighted by molar-refractivity contribution is 0.600. The van der Waals surface area contributed by atoms with Crippen LogP contribution in [-0.4, -0.2) is 9.55 Å². The average Bonchev–Trinajstić information content (AvgIpc) is 3.22. The third-order valence-corrected chi connectivity index (χ3v) is 5.43. The third-order valence-electron chi connectivity index (χ3n) is 5.43. The zero-order chi connectivity index (χ0) is 17.7. The molecule has 2 aliphatic rings. The SMILES string of the molecule is C=C1CC2=C(c3ccccc3)n3c(-c4cccc(F)c4)cnc3CC2C1. The summed E-state index contributed by atoms with van der Waals surface area (Å²) in [6, 6.07) is 17.2. The maximum atomic E-state index is 13.8. The molecule has 0 N–H and O–H groups in total. The molecule has 1 unspecified atom stereocenters. The summed E-state index contributed by atoms with van der Waals surface area (Å²) in [5.41, 5.74) is 6.90. The number of rotatable bonds is 2. The second-order valence-corrected chi connectivity index (χ2v) is 7.18. The first kappa shape index (κ1) is 15.3. The second-order valence-electron chi connectivity index (χ2n) is 7.18. The highest BCUT2D eigenvalue weighted by Gasteiger charge is 2.34. The predicted molar refractivity (Wildman–Crippen MR) is 102 cm³/mol. The fraction of sp³-hybridized carbons (Fsp3) is 0.174. The topological polar surface area (TPSA) is 17.8 Å². The average molecular weight is 342 g/mol. The molecule has 1 atom stereocenters. The molecule has 1 aromatic heterocycles. The van der Waals surface area contributed by atoms with Gasteiger partial charge in [0.25, 0.3) is 0 Å². The molecule has 3 aromatic rings. The normalized spacial score (nSPS) is 18.8. The van der Waals surface area contributed by atoms with Crippen LogP contribution in [0, 0.1) is 11.7 Å². The van der Waals surface area contributed by atoms with Crippen molar-refractivity contribution < 1.29 is 4.39 Å². The van der Waals surface area contributed by atoms with E-state index in [1.165, 1.54) is 28.5 Å². The lowest BCUT2D eigenvalue weighted by Crippen LogP contribution is -2.19. The largest absolute Gasteiger partial charge is 0.296 e. The Kier molecular flexibility index (Phi) is 3.42. The van der Waals surface area contributed by atoms with Gasteiger partial charge < -0.3 is 0 Å². The molecule has 1 aliphatic carbocycles. The highest BCUT2D eigenvalue weighted by molar-refractivity contribution is 5.78. The van der Waals surface area contributed by atoms with Gasteiger partial charge in [-0.2, -0.15) is 0 Å². The molecule has 1 aliphatic heterocycles. The first-order chi connectivity index (χ1) is 12.7. The van der Waals surface area contributed by atoms with E-state index in [1.54, 1.807) is 12.1 Å². The van der Waals surface area contributed by atoms with Gasteiger partial charge in [0.2, 0.25) is 0 Å². The summed E-state index contributed by atoms with van der Waals surface area (Å²) < 4.78 is 16.1. The van der Waals surface area contributed by atoms with Crippen molar-refractivity contribution in [1.29, 1.82) is 0 Å². The van der Waals surface area contributed by atoms with Crippen LogP contribution in [-0.2, 0) is 6.42 Å². The molecule has 2 nitrogen and oxygen atoms in total. The van der Waals surface area contributed by atoms with E-state index in [2.05, 4.69) is 35.4 Å². The fourth-order valence-corrected chi connectivity index (χ4v) is 4.34. The Bertz CT molecular complexity index is 1040. The van der Waals surface area contributed by atoms with Crippen molar-refractivity contribution >= 4 is 5.70 Å². The van der Waals surface area contributed by atoms with Gasteiger partial charge in [-0.3, -0.25) is 4.57 Å². The number of fused-ring (bicyclic) bond motifs is 2. The van der Waals surface area contributed by atoms with Crippen molar-refractivity contribution in [3.05, 3.63) is 95.7 Å². The van der Waals surface area contributed by atoms with E-state index in [-0.39, 0.29) is 5.82 Å². The Morgan fingerprint density at radius 3 is 2.62 bits per heavy atom. The van der Waals surface area contributed by atoms with Crippen molar-refractivity contribution in [2.45, 2.75) is 19.3 Å². The summed E-state index contributed by atoms with van der Waals surface area (Å²) in [6.45, 7) is 4.23. The van der Waals surface area contributed by atoms with Gasteiger partial charge in [0, 0.05) is 12.0 Å². The molecule has 3 heteroatoms. The van der Waals surface area contributed by atoms with Crippen molar-refractivity contribution in [3.63, 3.8) is 0 Å². The Labute approximate surface area is 152 Å². The van der Waals surface area contributed by atoms with Crippen LogP contribution >= 0.6 is 0 Å². The van der Waals surface area contributed by atoms with E-state index in [4.69, 9.17) is 4.98 Å². The minimum Gasteiger partial charge on any atom is -0.296 e. The molecule has 0 amide bonds. The summed E-state index contributed by atoms with van der Waals surface area (Å²) in [5.74, 6) is 1.30. The van der Waals surface area contributed by atoms with Crippen LogP contribution in [0.4, 0.5) is 4.39 Å². The molecule has 5 rings (SSSR count). The Balaban J connectivity index is 1.78. The van der Waals surface area contributed by atoms with Gasteiger partial charge in [-0.15, -0.1) is 0 Å². The van der Waals surface area contributed by atoms with Crippen molar-refractivity contribution in [1.82, 2.24) is 9.55 Å². The highest BCUT2D eigenvalue weighted by atomic mass is 19.1. The van der Waals surface area contributed by atoms with Crippen LogP contribution in [0.15, 0.2) is 78.5 Å². The minimum absolute atomic E-state index is 0.227. The van der Waals surface area contributed by atoms with E-state index < -0.39 is 0 Å². The van der Waals surface area contributed by atoms with E-state index in [0.717, 1.165) is 36.3 Å². The van der Waals surface area contributed by atoms with Crippen LogP contribution in [0.1, 0.15) is 24.2 Å². The van der Waals surface area contributed by atoms with E-state index in [9.17, 15) is 4.39 Å². The molecule has 0 radical (unpaired) electrons. The van der Waals surface area contributed by atoms with Crippen LogP contribution in [0.2, 0.25) is 0 Å². The van der Waals surface area contributed by atoms with Gasteiger partial charge in [-0.1, -0.05) is 54.6 Å². The summed E-state index contributed by atoms with van der Waals surface area (Å²) >= 11 is 0. The fourth-order valence-electron chi connectivity index (χ4n) is 4.34. The predicted octanol–water partition coefficient (Wildman–Crippen LogP) is 5.47. The monoisotopic (exact) mass is 342 g/mol. The van der Waals surface area contributed by atoms with Crippen LogP contribution in [0.5, 0.6) is 0 Å². The van der Waals surface area contributed by atoms with Gasteiger partial charge in [0.1, 0.15) is 11.6 Å². The van der Waals surface area contributed by atoms with Crippen molar-refractivity contribution in [2.75, 3.05) is 0 Å². The number of aromatic nitrogens is 2. The molecular weight excluding hydrogens is 323 g/mol. The van der Waals surface area contributed by atoms with Gasteiger partial charge in [0.15, 0.2) is 0 Å². The highest BCUT2D eigenvalue weighted by Crippen LogP contribution is 2.46. The van der Waals surface area contributed by atoms with Gasteiger partial charge in [0.05, 0.1) is 17.6 Å². The zero-order valence-electron chi connectivity index (χ0n) is 14.5. The number of hydrogen-bond donors (Lipinski definition) is 0. The number of halogens is 1. The lowest BCUT2D eigenvalue weighted by Gasteiger charge is -2.27. The quantitative estimate of drug-likeness (QED) is 0.565. The molecule has 0 bridgehead atoms. The van der Waals surface area contributed by atoms with E-state index in [1.807, 2.05) is 18.3 Å². The van der Waals surface area contributed by atoms with Gasteiger partial charge >= 0.3 is 0 Å². The number of imidazole rings is 1. The molecule has 0 saturated heterocycles. The summed E-state index contributed by atoms with van der Waals surface area (Å²) in [4.78, 5) is 4.70. The summed E-state index contributed by atoms with van der Waals surface area (Å²) in [5, 5.41) is 0. The summed E-state index contributed by atoms with van der Waals surface area (Å²) in [6.07, 6.45) is 4.77. The van der Waals surface area contributed by atoms with E-state index in [0.29, 0.717) is 5.92 Å². The van der Waals surface area contributed by atoms with Crippen LogP contribution < -0.4 is 0 Å². The second kappa shape index (κ2) is 5.80. The zero-order valence-corrected chi connectivity index (χ0v) is 14.5. The standard InChI is InChI=1S/C23H19FN2/c1-15-10-18-13-22-25-14-21(17-8-5-9-19(24)12-17)26(22)23(20(18)11-15)16-6-3-2-4-7-16/h2-9,12,14,18H,1,10-11,13H2. The van der Waals surface area contributed by atoms with Gasteiger partial charge in [-0.05, 0) is 42.0 Å². The molecule has 1 saturated carbocycles. The smallest absolute Gasteiger partial charge is 0.123 e. The first-order valence-corrected chi connectivity index (χ1v) is 8.99. The Morgan fingerprint density at radius 1 is 1.00 bits per heavy atom. The maximum absolute atomic E-state index is 13.8. The number of allylic oxidation sites excluding steroid dienone is 2.